The summed E-state index contributed by atoms with van der Waals surface area (Å²) in [5.74, 6) is -0.624. The van der Waals surface area contributed by atoms with Crippen LogP contribution in [0.1, 0.15) is 31.9 Å². The van der Waals surface area contributed by atoms with Crippen molar-refractivity contribution in [1.29, 1.82) is 0 Å². The summed E-state index contributed by atoms with van der Waals surface area (Å²) in [6, 6.07) is 25.9. The van der Waals surface area contributed by atoms with Crippen molar-refractivity contribution < 1.29 is 19.1 Å². The van der Waals surface area contributed by atoms with Crippen LogP contribution in [0.4, 0.5) is 4.79 Å². The number of ether oxygens (including phenoxy) is 1. The molecular formula is C32H39N3O4. The maximum atomic E-state index is 14.0. The molecule has 2 unspecified atom stereocenters. The van der Waals surface area contributed by atoms with E-state index in [2.05, 4.69) is 5.32 Å². The summed E-state index contributed by atoms with van der Waals surface area (Å²) in [4.78, 5) is 42.7. The van der Waals surface area contributed by atoms with Crippen LogP contribution in [0.15, 0.2) is 84.9 Å². The fourth-order valence-electron chi connectivity index (χ4n) is 4.34. The van der Waals surface area contributed by atoms with Gasteiger partial charge in [-0.2, -0.15) is 0 Å². The van der Waals surface area contributed by atoms with E-state index in [4.69, 9.17) is 4.74 Å². The van der Waals surface area contributed by atoms with E-state index in [1.54, 1.807) is 41.9 Å². The first-order chi connectivity index (χ1) is 18.5. The van der Waals surface area contributed by atoms with Gasteiger partial charge in [0.2, 0.25) is 11.8 Å². The number of nitrogens with one attached hydrogen (secondary N) is 1. The average molecular weight is 530 g/mol. The van der Waals surface area contributed by atoms with Crippen LogP contribution in [0.2, 0.25) is 0 Å². The Morgan fingerprint density at radius 1 is 0.718 bits per heavy atom. The van der Waals surface area contributed by atoms with E-state index in [1.807, 2.05) is 84.9 Å². The number of carbonyl (C=O) groups is 3. The summed E-state index contributed by atoms with van der Waals surface area (Å²) in [7, 11) is 4.73. The van der Waals surface area contributed by atoms with E-state index in [1.165, 1.54) is 9.80 Å². The number of rotatable bonds is 9. The van der Waals surface area contributed by atoms with E-state index >= 15 is 0 Å². The van der Waals surface area contributed by atoms with Crippen LogP contribution >= 0.6 is 0 Å². The van der Waals surface area contributed by atoms with Crippen molar-refractivity contribution in [3.63, 3.8) is 0 Å². The molecule has 3 aromatic carbocycles. The molecule has 0 radical (unpaired) electrons. The molecule has 2 atom stereocenters. The second kappa shape index (κ2) is 13.1. The highest BCUT2D eigenvalue weighted by Gasteiger charge is 2.36. The van der Waals surface area contributed by atoms with E-state index in [-0.39, 0.29) is 18.2 Å². The molecule has 0 spiro atoms. The third-order valence-corrected chi connectivity index (χ3v) is 6.56. The normalized spacial score (nSPS) is 12.7. The Morgan fingerprint density at radius 2 is 1.21 bits per heavy atom. The van der Waals surface area contributed by atoms with Crippen LogP contribution in [-0.2, 0) is 27.2 Å². The van der Waals surface area contributed by atoms with Gasteiger partial charge in [-0.1, -0.05) is 84.9 Å². The SMILES string of the molecule is CNC(=O)C(Cc1ccccc1)N(C)C(=O)C(Cc1ccc(-c2ccccc2)cc1)N(C)C(=O)OC(C)(C)C. The molecule has 0 aliphatic heterocycles. The monoisotopic (exact) mass is 529 g/mol. The second-order valence-electron chi connectivity index (χ2n) is 10.6. The molecule has 0 bridgehead atoms. The molecule has 0 fully saturated rings. The predicted octanol–water partition coefficient (Wildman–Crippen LogP) is 4.95. The van der Waals surface area contributed by atoms with E-state index in [0.717, 1.165) is 22.3 Å². The van der Waals surface area contributed by atoms with Gasteiger partial charge in [-0.3, -0.25) is 14.5 Å². The molecule has 0 aliphatic carbocycles. The topological polar surface area (TPSA) is 79.0 Å². The summed E-state index contributed by atoms with van der Waals surface area (Å²) >= 11 is 0. The molecule has 0 aliphatic rings. The number of benzene rings is 3. The van der Waals surface area contributed by atoms with Crippen molar-refractivity contribution in [3.8, 4) is 11.1 Å². The maximum Gasteiger partial charge on any atom is 0.410 e. The van der Waals surface area contributed by atoms with E-state index in [0.29, 0.717) is 6.42 Å². The zero-order chi connectivity index (χ0) is 28.6. The Bertz CT molecular complexity index is 1240. The minimum Gasteiger partial charge on any atom is -0.444 e. The molecule has 0 heterocycles. The largest absolute Gasteiger partial charge is 0.444 e. The first kappa shape index (κ1) is 29.4. The number of hydrogen-bond acceptors (Lipinski definition) is 4. The Kier molecular flexibility index (Phi) is 9.88. The highest BCUT2D eigenvalue weighted by Crippen LogP contribution is 2.22. The van der Waals surface area contributed by atoms with Gasteiger partial charge in [-0.25, -0.2) is 4.79 Å². The Balaban J connectivity index is 1.90. The van der Waals surface area contributed by atoms with Crippen LogP contribution in [-0.4, -0.2) is 66.5 Å². The molecule has 3 rings (SSSR count). The smallest absolute Gasteiger partial charge is 0.410 e. The number of carbonyl (C=O) groups excluding carboxylic acids is 3. The molecule has 3 amide bonds. The first-order valence-corrected chi connectivity index (χ1v) is 13.1. The number of likely N-dealkylation sites (N-methyl/N-ethyl adjacent to an activating group) is 3. The Morgan fingerprint density at radius 3 is 1.74 bits per heavy atom. The number of amides is 3. The molecule has 7 nitrogen and oxygen atoms in total. The van der Waals surface area contributed by atoms with Crippen LogP contribution in [0.25, 0.3) is 11.1 Å². The van der Waals surface area contributed by atoms with Gasteiger partial charge in [0.25, 0.3) is 0 Å². The first-order valence-electron chi connectivity index (χ1n) is 13.1. The van der Waals surface area contributed by atoms with Crippen molar-refractivity contribution in [3.05, 3.63) is 96.1 Å². The van der Waals surface area contributed by atoms with Crippen molar-refractivity contribution in [1.82, 2.24) is 15.1 Å². The molecule has 39 heavy (non-hydrogen) atoms. The fourth-order valence-corrected chi connectivity index (χ4v) is 4.34. The minimum absolute atomic E-state index is 0.264. The van der Waals surface area contributed by atoms with Crippen LogP contribution < -0.4 is 5.32 Å². The number of hydrogen-bond donors (Lipinski definition) is 1. The fraction of sp³-hybridized carbons (Fsp3) is 0.344. The van der Waals surface area contributed by atoms with Gasteiger partial charge >= 0.3 is 6.09 Å². The average Bonchev–Trinajstić information content (AvgIpc) is 2.93. The lowest BCUT2D eigenvalue weighted by atomic mass is 9.98. The molecule has 1 N–H and O–H groups in total. The quantitative estimate of drug-likeness (QED) is 0.426. The Labute approximate surface area is 231 Å². The Hall–Kier alpha value is -4.13. The zero-order valence-corrected chi connectivity index (χ0v) is 23.7. The highest BCUT2D eigenvalue weighted by atomic mass is 16.6. The maximum absolute atomic E-state index is 14.0. The van der Waals surface area contributed by atoms with Crippen molar-refractivity contribution in [2.45, 2.75) is 51.3 Å². The molecule has 7 heteroatoms. The lowest BCUT2D eigenvalue weighted by Gasteiger charge is -2.35. The van der Waals surface area contributed by atoms with Crippen molar-refractivity contribution >= 4 is 17.9 Å². The lowest BCUT2D eigenvalue weighted by Crippen LogP contribution is -2.56. The number of nitrogens with zero attached hydrogens (tertiary/aromatic N) is 2. The molecule has 0 saturated carbocycles. The summed E-state index contributed by atoms with van der Waals surface area (Å²) in [5, 5.41) is 2.68. The van der Waals surface area contributed by atoms with Gasteiger partial charge in [-0.05, 0) is 43.0 Å². The van der Waals surface area contributed by atoms with Crippen LogP contribution in [0.5, 0.6) is 0 Å². The predicted molar refractivity (Wildman–Crippen MR) is 154 cm³/mol. The summed E-state index contributed by atoms with van der Waals surface area (Å²) in [6.45, 7) is 5.35. The van der Waals surface area contributed by atoms with Gasteiger partial charge in [0.15, 0.2) is 0 Å². The molecule has 206 valence electrons. The van der Waals surface area contributed by atoms with Crippen molar-refractivity contribution in [2.24, 2.45) is 0 Å². The highest BCUT2D eigenvalue weighted by molar-refractivity contribution is 5.91. The van der Waals surface area contributed by atoms with Crippen LogP contribution in [0, 0.1) is 0 Å². The molecule has 0 saturated heterocycles. The third-order valence-electron chi connectivity index (χ3n) is 6.56. The zero-order valence-electron chi connectivity index (χ0n) is 23.7. The van der Waals surface area contributed by atoms with Gasteiger partial charge < -0.3 is 15.0 Å². The van der Waals surface area contributed by atoms with E-state index in [9.17, 15) is 14.4 Å². The third kappa shape index (κ3) is 8.18. The molecule has 3 aromatic rings. The summed E-state index contributed by atoms with van der Waals surface area (Å²) in [5.41, 5.74) is 3.25. The van der Waals surface area contributed by atoms with Gasteiger partial charge in [0, 0.05) is 34.0 Å². The second-order valence-corrected chi connectivity index (χ2v) is 10.6. The van der Waals surface area contributed by atoms with Gasteiger partial charge in [0.1, 0.15) is 17.7 Å². The van der Waals surface area contributed by atoms with E-state index < -0.39 is 23.8 Å². The van der Waals surface area contributed by atoms with Gasteiger partial charge in [0.05, 0.1) is 0 Å². The molecule has 0 aromatic heterocycles. The van der Waals surface area contributed by atoms with Crippen molar-refractivity contribution in [2.75, 3.05) is 21.1 Å². The molecular weight excluding hydrogens is 490 g/mol. The summed E-state index contributed by atoms with van der Waals surface area (Å²) < 4.78 is 5.59. The van der Waals surface area contributed by atoms with Crippen LogP contribution in [0.3, 0.4) is 0 Å². The standard InChI is InChI=1S/C32H39N3O4/c1-32(2,3)39-31(38)35(6)28(22-24-17-19-26(20-18-24)25-15-11-8-12-16-25)30(37)34(5)27(29(36)33-4)21-23-13-9-7-10-14-23/h7-20,27-28H,21-22H2,1-6H3,(H,33,36). The summed E-state index contributed by atoms with van der Waals surface area (Å²) in [6.07, 6.45) is 0.00620. The van der Waals surface area contributed by atoms with Gasteiger partial charge in [-0.15, -0.1) is 0 Å². The minimum atomic E-state index is -0.879. The lowest BCUT2D eigenvalue weighted by molar-refractivity contribution is -0.142.